The molecule has 1 atom stereocenters. The number of hydrogen-bond acceptors (Lipinski definition) is 4. The van der Waals surface area contributed by atoms with Crippen LogP contribution in [0.5, 0.6) is 0 Å². The summed E-state index contributed by atoms with van der Waals surface area (Å²) in [5.74, 6) is -0.818. The molecular formula is C15H22N2O4. The fraction of sp³-hybridized carbons (Fsp3) is 0.400. The molecule has 1 aromatic heterocycles. The summed E-state index contributed by atoms with van der Waals surface area (Å²) < 4.78 is 4.73. The number of nitrogens with one attached hydrogen (secondary N) is 1. The number of carbonyl (C=O) groups excluding carboxylic acids is 1. The molecule has 1 rings (SSSR count). The second kappa shape index (κ2) is 8.73. The van der Waals surface area contributed by atoms with E-state index in [1.807, 2.05) is 19.1 Å². The summed E-state index contributed by atoms with van der Waals surface area (Å²) in [6.07, 6.45) is 7.06. The first-order valence-electron chi connectivity index (χ1n) is 6.29. The zero-order valence-electron chi connectivity index (χ0n) is 11.6. The molecule has 1 heterocycles. The van der Waals surface area contributed by atoms with Gasteiger partial charge >= 0.3 is 12.0 Å². The molecule has 6 nitrogen and oxygen atoms in total. The van der Waals surface area contributed by atoms with Crippen molar-refractivity contribution in [3.8, 4) is 0 Å². The summed E-state index contributed by atoms with van der Waals surface area (Å²) in [5.41, 5.74) is 0.669. The molecule has 0 fully saturated rings. The number of nitrogens with zero attached hydrogens (tertiary/aromatic N) is 1. The lowest BCUT2D eigenvalue weighted by Crippen LogP contribution is -2.35. The number of H-pyrrole nitrogens is 1. The number of rotatable bonds is 6. The first-order chi connectivity index (χ1) is 9.51. The van der Waals surface area contributed by atoms with E-state index in [0.29, 0.717) is 10.9 Å². The van der Waals surface area contributed by atoms with Crippen molar-refractivity contribution in [3.63, 3.8) is 0 Å². The quantitative estimate of drug-likeness (QED) is 0.485. The van der Waals surface area contributed by atoms with E-state index < -0.39 is 16.9 Å². The van der Waals surface area contributed by atoms with Crippen molar-refractivity contribution in [2.45, 2.75) is 33.7 Å². The van der Waals surface area contributed by atoms with Crippen LogP contribution in [0.1, 0.15) is 26.8 Å². The molecule has 0 saturated heterocycles. The van der Waals surface area contributed by atoms with Crippen molar-refractivity contribution >= 4 is 18.6 Å². The average Bonchev–Trinajstić information content (AvgIpc) is 2.74. The molecule has 0 amide bonds. The molecule has 116 valence electrons. The Labute approximate surface area is 124 Å². The van der Waals surface area contributed by atoms with Crippen LogP contribution in [0.25, 0.3) is 12.7 Å². The van der Waals surface area contributed by atoms with E-state index in [4.69, 9.17) is 4.74 Å². The molecule has 6 heteroatoms. The number of allylic oxidation sites excluding steroid dienone is 2. The van der Waals surface area contributed by atoms with Gasteiger partial charge in [-0.25, -0.2) is 4.79 Å². The normalized spacial score (nSPS) is 13.0. The van der Waals surface area contributed by atoms with E-state index in [2.05, 4.69) is 11.6 Å². The maximum Gasteiger partial charge on any atom is 0.382 e. The van der Waals surface area contributed by atoms with Crippen LogP contribution < -0.4 is 10.6 Å². The van der Waals surface area contributed by atoms with Crippen LogP contribution in [0.2, 0.25) is 0 Å². The number of ether oxygens (including phenoxy) is 1. The van der Waals surface area contributed by atoms with Crippen LogP contribution in [0.15, 0.2) is 18.3 Å². The van der Waals surface area contributed by atoms with Gasteiger partial charge in [-0.15, -0.1) is 0 Å². The van der Waals surface area contributed by atoms with Crippen LogP contribution in [0.4, 0.5) is 0 Å². The number of aromatic nitrogens is 1. The van der Waals surface area contributed by atoms with Crippen molar-refractivity contribution < 1.29 is 14.5 Å². The van der Waals surface area contributed by atoms with E-state index >= 15 is 0 Å². The lowest BCUT2D eigenvalue weighted by atomic mass is 10.1. The number of carbonyl (C=O) groups is 1. The van der Waals surface area contributed by atoms with Gasteiger partial charge in [-0.2, -0.15) is 0 Å². The fourth-order valence-electron chi connectivity index (χ4n) is 1.78. The topological polar surface area (TPSA) is 85.2 Å². The third kappa shape index (κ3) is 4.91. The Morgan fingerprint density at radius 3 is 2.81 bits per heavy atom. The Kier molecular flexibility index (Phi) is 7.75. The molecule has 0 aliphatic heterocycles. The second-order valence-corrected chi connectivity index (χ2v) is 4.16. The lowest BCUT2D eigenvalue weighted by Gasteiger charge is -2.07. The zero-order valence-corrected chi connectivity index (χ0v) is 11.6. The van der Waals surface area contributed by atoms with Gasteiger partial charge < -0.3 is 9.72 Å². The first kappa shape index (κ1) is 18.6. The Morgan fingerprint density at radius 2 is 2.29 bits per heavy atom. The van der Waals surface area contributed by atoms with Crippen LogP contribution >= 0.6 is 0 Å². The monoisotopic (exact) mass is 294 g/mol. The van der Waals surface area contributed by atoms with E-state index in [1.165, 1.54) is 0 Å². The molecule has 0 bridgehead atoms. The molecular weight excluding hydrogens is 272 g/mol. The van der Waals surface area contributed by atoms with Gasteiger partial charge in [-0.1, -0.05) is 32.2 Å². The van der Waals surface area contributed by atoms with Gasteiger partial charge in [0.25, 0.3) is 0 Å². The lowest BCUT2D eigenvalue weighted by molar-refractivity contribution is -0.510. The van der Waals surface area contributed by atoms with Gasteiger partial charge in [-0.05, 0) is 19.4 Å². The molecule has 1 aromatic rings. The van der Waals surface area contributed by atoms with Crippen LogP contribution in [-0.4, -0.2) is 28.5 Å². The van der Waals surface area contributed by atoms with Gasteiger partial charge in [0.1, 0.15) is 0 Å². The molecule has 0 aliphatic carbocycles. The molecule has 0 spiro atoms. The van der Waals surface area contributed by atoms with Crippen molar-refractivity contribution in [1.82, 2.24) is 4.98 Å². The summed E-state index contributed by atoms with van der Waals surface area (Å²) in [4.78, 5) is 24.9. The average molecular weight is 294 g/mol. The molecule has 0 aromatic carbocycles. The van der Waals surface area contributed by atoms with Crippen molar-refractivity contribution in [2.75, 3.05) is 6.61 Å². The summed E-state index contributed by atoms with van der Waals surface area (Å²) >= 11 is 0. The highest BCUT2D eigenvalue weighted by Crippen LogP contribution is 2.03. The van der Waals surface area contributed by atoms with Crippen LogP contribution in [0, 0.1) is 10.1 Å². The van der Waals surface area contributed by atoms with E-state index in [1.54, 1.807) is 19.2 Å². The summed E-state index contributed by atoms with van der Waals surface area (Å²) in [7, 11) is 0. The van der Waals surface area contributed by atoms with Gasteiger partial charge in [0.2, 0.25) is 0 Å². The Bertz CT molecular complexity index is 616. The Morgan fingerprint density at radius 1 is 1.62 bits per heavy atom. The van der Waals surface area contributed by atoms with Gasteiger partial charge in [-0.3, -0.25) is 10.1 Å². The Hall–Kier alpha value is -2.37. The fourth-order valence-corrected chi connectivity index (χ4v) is 1.78. The third-order valence-electron chi connectivity index (χ3n) is 2.77. The number of nitro groups is 1. The summed E-state index contributed by atoms with van der Waals surface area (Å²) in [6, 6.07) is -1.40. The predicted molar refractivity (Wildman–Crippen MR) is 82.7 cm³/mol. The SMILES string of the molecule is C.C=c1[nH]cc(CC(C(=O)OCC)[N+](=O)[O-])/c1=C/C=C\C. The number of aromatic amines is 1. The van der Waals surface area contributed by atoms with Crippen molar-refractivity contribution in [3.05, 3.63) is 44.6 Å². The second-order valence-electron chi connectivity index (χ2n) is 4.16. The smallest absolute Gasteiger partial charge is 0.382 e. The highest BCUT2D eigenvalue weighted by molar-refractivity contribution is 5.74. The molecule has 21 heavy (non-hydrogen) atoms. The predicted octanol–water partition coefficient (Wildman–Crippen LogP) is 1.17. The highest BCUT2D eigenvalue weighted by atomic mass is 16.6. The van der Waals surface area contributed by atoms with E-state index in [0.717, 1.165) is 5.22 Å². The Balaban J connectivity index is 0.00000400. The number of esters is 1. The largest absolute Gasteiger partial charge is 0.461 e. The minimum Gasteiger partial charge on any atom is -0.461 e. The highest BCUT2D eigenvalue weighted by Gasteiger charge is 2.31. The van der Waals surface area contributed by atoms with Crippen LogP contribution in [0.3, 0.4) is 0 Å². The van der Waals surface area contributed by atoms with Gasteiger partial charge in [0, 0.05) is 21.7 Å². The molecule has 1 unspecified atom stereocenters. The van der Waals surface area contributed by atoms with E-state index in [9.17, 15) is 14.9 Å². The van der Waals surface area contributed by atoms with Crippen LogP contribution in [-0.2, 0) is 16.0 Å². The first-order valence-corrected chi connectivity index (χ1v) is 6.29. The third-order valence-corrected chi connectivity index (χ3v) is 2.77. The number of hydrogen-bond donors (Lipinski definition) is 1. The van der Waals surface area contributed by atoms with Crippen molar-refractivity contribution in [1.29, 1.82) is 0 Å². The molecule has 0 saturated carbocycles. The molecule has 0 aliphatic rings. The zero-order chi connectivity index (χ0) is 15.1. The summed E-state index contributed by atoms with van der Waals surface area (Å²) in [6.45, 7) is 7.42. The molecule has 0 radical (unpaired) electrons. The maximum absolute atomic E-state index is 11.6. The van der Waals surface area contributed by atoms with Crippen molar-refractivity contribution in [2.24, 2.45) is 0 Å². The van der Waals surface area contributed by atoms with Gasteiger partial charge in [0.15, 0.2) is 0 Å². The standard InChI is InChI=1S/C14H18N2O4.CH4/c1-4-6-7-12-10(3)15-9-11(12)8-13(16(18)19)14(17)20-5-2;/h4,6-7,9,13,15H,3,5,8H2,1-2H3;1H4/b6-4-,12-7+;. The maximum atomic E-state index is 11.6. The minimum atomic E-state index is -1.40. The van der Waals surface area contributed by atoms with E-state index in [-0.39, 0.29) is 20.5 Å². The van der Waals surface area contributed by atoms with Gasteiger partial charge in [0.05, 0.1) is 13.0 Å². The minimum absolute atomic E-state index is 0. The summed E-state index contributed by atoms with van der Waals surface area (Å²) in [5, 5.41) is 12.4. The molecule has 1 N–H and O–H groups in total.